The first-order valence-electron chi connectivity index (χ1n) is 2.14. The van der Waals surface area contributed by atoms with Gasteiger partial charge in [0, 0.05) is 0 Å². The zero-order chi connectivity index (χ0) is 8.57. The molecule has 0 radical (unpaired) electrons. The molecule has 0 heterocycles. The molecule has 0 unspecified atom stereocenters. The molecule has 6 nitrogen and oxygen atoms in total. The van der Waals surface area contributed by atoms with Crippen LogP contribution in [-0.2, 0) is 14.4 Å². The average Bonchev–Trinajstić information content (AvgIpc) is 1.89. The van der Waals surface area contributed by atoms with Gasteiger partial charge in [-0.15, -0.1) is 0 Å². The molecule has 0 aliphatic carbocycles. The van der Waals surface area contributed by atoms with Crippen molar-refractivity contribution in [3.8, 4) is 0 Å². The molecule has 6 heteroatoms. The molecule has 58 valence electrons. The molecular weight excluding hydrogens is 142 g/mol. The first kappa shape index (κ1) is 11.4. The van der Waals surface area contributed by atoms with Crippen molar-refractivity contribution in [3.63, 3.8) is 0 Å². The lowest BCUT2D eigenvalue weighted by Crippen LogP contribution is -2.10. The molecule has 0 fully saturated rings. The van der Waals surface area contributed by atoms with E-state index in [2.05, 4.69) is 5.73 Å². The number of carboxylic acid groups (broad SMARTS) is 2. The summed E-state index contributed by atoms with van der Waals surface area (Å²) in [6.45, 7) is -0.278. The first-order valence-corrected chi connectivity index (χ1v) is 2.14. The minimum Gasteiger partial charge on any atom is -0.480 e. The number of aliphatic carboxylic acids is 2. The van der Waals surface area contributed by atoms with Gasteiger partial charge < -0.3 is 15.9 Å². The molecule has 0 rings (SSSR count). The minimum atomic E-state index is -1.43. The van der Waals surface area contributed by atoms with Gasteiger partial charge in [0.2, 0.25) is 6.29 Å². The number of carbonyl (C=O) groups excluding carboxylic acids is 1. The lowest BCUT2D eigenvalue weighted by Gasteiger charge is -1.73. The van der Waals surface area contributed by atoms with Gasteiger partial charge >= 0.3 is 11.9 Å². The molecular formula is C4H7NO5. The quantitative estimate of drug-likeness (QED) is 0.318. The van der Waals surface area contributed by atoms with Crippen LogP contribution in [0.15, 0.2) is 0 Å². The highest BCUT2D eigenvalue weighted by Crippen LogP contribution is 1.43. The second-order valence-corrected chi connectivity index (χ2v) is 1.05. The van der Waals surface area contributed by atoms with Crippen molar-refractivity contribution in [2.24, 2.45) is 5.73 Å². The van der Waals surface area contributed by atoms with E-state index >= 15 is 0 Å². The number of hydrogen-bond donors (Lipinski definition) is 3. The average molecular weight is 149 g/mol. The Balaban J connectivity index is 0. The number of hydrogen-bond acceptors (Lipinski definition) is 4. The van der Waals surface area contributed by atoms with Crippen LogP contribution in [0.2, 0.25) is 0 Å². The Morgan fingerprint density at radius 3 is 1.60 bits per heavy atom. The third-order valence-corrected chi connectivity index (χ3v) is 0.275. The van der Waals surface area contributed by atoms with Crippen LogP contribution in [0, 0.1) is 0 Å². The molecule has 0 aromatic heterocycles. The smallest absolute Gasteiger partial charge is 0.368 e. The van der Waals surface area contributed by atoms with E-state index in [1.807, 2.05) is 0 Å². The van der Waals surface area contributed by atoms with E-state index in [4.69, 9.17) is 19.8 Å². The Kier molecular flexibility index (Phi) is 8.61. The van der Waals surface area contributed by atoms with Gasteiger partial charge in [-0.25, -0.2) is 4.79 Å². The highest BCUT2D eigenvalue weighted by atomic mass is 16.4. The Morgan fingerprint density at radius 1 is 1.40 bits per heavy atom. The Labute approximate surface area is 56.3 Å². The molecule has 0 aromatic carbocycles. The lowest BCUT2D eigenvalue weighted by atomic mass is 10.7. The Morgan fingerprint density at radius 2 is 1.60 bits per heavy atom. The summed E-state index contributed by atoms with van der Waals surface area (Å²) in [6, 6.07) is 0. The van der Waals surface area contributed by atoms with Crippen molar-refractivity contribution in [2.75, 3.05) is 6.54 Å². The number of carbonyl (C=O) groups is 3. The van der Waals surface area contributed by atoms with Gasteiger partial charge in [0.25, 0.3) is 0 Å². The first-order chi connectivity index (χ1) is 4.54. The van der Waals surface area contributed by atoms with Crippen LogP contribution in [0.5, 0.6) is 0 Å². The van der Waals surface area contributed by atoms with Crippen molar-refractivity contribution in [1.29, 1.82) is 0 Å². The van der Waals surface area contributed by atoms with Crippen molar-refractivity contribution < 1.29 is 24.6 Å². The molecule has 0 saturated heterocycles. The van der Waals surface area contributed by atoms with Gasteiger partial charge in [0.15, 0.2) is 0 Å². The number of aldehydes is 1. The van der Waals surface area contributed by atoms with E-state index < -0.39 is 11.9 Å². The summed E-state index contributed by atoms with van der Waals surface area (Å²) in [6.07, 6.45) is -0.167. The SMILES string of the molecule is NCC(=O)O.O=CC(=O)O. The predicted octanol–water partition coefficient (Wildman–Crippen LogP) is -1.70. The second-order valence-electron chi connectivity index (χ2n) is 1.05. The van der Waals surface area contributed by atoms with Gasteiger partial charge in [-0.3, -0.25) is 9.59 Å². The summed E-state index contributed by atoms with van der Waals surface area (Å²) in [4.78, 5) is 27.1. The van der Waals surface area contributed by atoms with Gasteiger partial charge in [-0.2, -0.15) is 0 Å². The van der Waals surface area contributed by atoms with Gasteiger partial charge in [0.1, 0.15) is 0 Å². The fourth-order valence-corrected chi connectivity index (χ4v) is 0. The van der Waals surface area contributed by atoms with Crippen LogP contribution in [0.4, 0.5) is 0 Å². The van der Waals surface area contributed by atoms with E-state index in [9.17, 15) is 4.79 Å². The summed E-state index contributed by atoms with van der Waals surface area (Å²) in [5.41, 5.74) is 4.57. The number of nitrogens with two attached hydrogens (primary N) is 1. The maximum absolute atomic E-state index is 9.24. The topological polar surface area (TPSA) is 118 Å². The van der Waals surface area contributed by atoms with Crippen LogP contribution in [0.3, 0.4) is 0 Å². The third kappa shape index (κ3) is 30.9. The van der Waals surface area contributed by atoms with Crippen LogP contribution >= 0.6 is 0 Å². The molecule has 0 spiro atoms. The summed E-state index contributed by atoms with van der Waals surface area (Å²) < 4.78 is 0. The zero-order valence-corrected chi connectivity index (χ0v) is 4.98. The largest absolute Gasteiger partial charge is 0.480 e. The molecule has 4 N–H and O–H groups in total. The number of carboxylic acids is 2. The molecule has 0 amide bonds. The van der Waals surface area contributed by atoms with E-state index in [1.165, 1.54) is 0 Å². The number of rotatable bonds is 2. The van der Waals surface area contributed by atoms with Crippen molar-refractivity contribution >= 4 is 18.2 Å². The van der Waals surface area contributed by atoms with Gasteiger partial charge in [0.05, 0.1) is 6.54 Å². The maximum atomic E-state index is 9.24. The summed E-state index contributed by atoms with van der Waals surface area (Å²) in [5, 5.41) is 15.0. The van der Waals surface area contributed by atoms with E-state index in [0.29, 0.717) is 0 Å². The van der Waals surface area contributed by atoms with Crippen LogP contribution in [0.1, 0.15) is 0 Å². The van der Waals surface area contributed by atoms with Gasteiger partial charge in [-0.05, 0) is 0 Å². The fraction of sp³-hybridized carbons (Fsp3) is 0.250. The summed E-state index contributed by atoms with van der Waals surface area (Å²) >= 11 is 0. The fourth-order valence-electron chi connectivity index (χ4n) is 0. The normalized spacial score (nSPS) is 6.90. The monoisotopic (exact) mass is 149 g/mol. The predicted molar refractivity (Wildman–Crippen MR) is 30.4 cm³/mol. The molecule has 0 aliphatic rings. The Hall–Kier alpha value is -1.43. The van der Waals surface area contributed by atoms with Crippen molar-refractivity contribution in [2.45, 2.75) is 0 Å². The van der Waals surface area contributed by atoms with Gasteiger partial charge in [-0.1, -0.05) is 0 Å². The maximum Gasteiger partial charge on any atom is 0.368 e. The summed E-state index contributed by atoms with van der Waals surface area (Å²) in [5.74, 6) is -2.39. The standard InChI is InChI=1S/C2H5NO2.C2H2O3/c2*3-1-2(4)5/h1,3H2,(H,4,5);1H,(H,4,5). The highest BCUT2D eigenvalue weighted by molar-refractivity contribution is 6.19. The Bertz CT molecular complexity index is 132. The molecule has 0 aromatic rings. The van der Waals surface area contributed by atoms with Crippen LogP contribution in [0.25, 0.3) is 0 Å². The second kappa shape index (κ2) is 7.57. The molecule has 0 saturated carbocycles. The molecule has 0 bridgehead atoms. The molecule has 0 aliphatic heterocycles. The van der Waals surface area contributed by atoms with Crippen LogP contribution < -0.4 is 5.73 Å². The summed E-state index contributed by atoms with van der Waals surface area (Å²) in [7, 11) is 0. The zero-order valence-electron chi connectivity index (χ0n) is 4.98. The molecule has 0 atom stereocenters. The van der Waals surface area contributed by atoms with Crippen molar-refractivity contribution in [3.05, 3.63) is 0 Å². The third-order valence-electron chi connectivity index (χ3n) is 0.275. The van der Waals surface area contributed by atoms with E-state index in [-0.39, 0.29) is 12.8 Å². The lowest BCUT2D eigenvalue weighted by molar-refractivity contribution is -0.143. The van der Waals surface area contributed by atoms with E-state index in [0.717, 1.165) is 0 Å². The molecule has 10 heavy (non-hydrogen) atoms. The minimum absolute atomic E-state index is 0.167. The highest BCUT2D eigenvalue weighted by Gasteiger charge is 1.81. The van der Waals surface area contributed by atoms with Crippen LogP contribution in [-0.4, -0.2) is 35.0 Å². The van der Waals surface area contributed by atoms with E-state index in [1.54, 1.807) is 0 Å². The van der Waals surface area contributed by atoms with Crippen molar-refractivity contribution in [1.82, 2.24) is 0 Å².